The first-order valence-corrected chi connectivity index (χ1v) is 8.07. The van der Waals surface area contributed by atoms with Gasteiger partial charge in [-0.05, 0) is 38.3 Å². The van der Waals surface area contributed by atoms with Gasteiger partial charge in [0.05, 0.1) is 12.3 Å². The highest BCUT2D eigenvalue weighted by Gasteiger charge is 2.28. The first kappa shape index (κ1) is 18.6. The van der Waals surface area contributed by atoms with Gasteiger partial charge in [-0.3, -0.25) is 4.79 Å². The minimum atomic E-state index is -3.35. The highest BCUT2D eigenvalue weighted by molar-refractivity contribution is 7.88. The highest BCUT2D eigenvalue weighted by atomic mass is 35.5. The zero-order chi connectivity index (χ0) is 13.8. The Morgan fingerprint density at radius 3 is 2.37 bits per heavy atom. The molecule has 0 saturated carbocycles. The quantitative estimate of drug-likeness (QED) is 0.659. The fraction of sp³-hybridized carbons (Fsp3) is 0.909. The van der Waals surface area contributed by atoms with Gasteiger partial charge in [0.2, 0.25) is 15.9 Å². The van der Waals surface area contributed by atoms with Crippen LogP contribution in [0.15, 0.2) is 0 Å². The number of nitrogens with one attached hydrogen (secondary N) is 3. The molecule has 1 rings (SSSR count). The van der Waals surface area contributed by atoms with E-state index in [4.69, 9.17) is 0 Å². The van der Waals surface area contributed by atoms with Crippen LogP contribution in [0.1, 0.15) is 26.7 Å². The van der Waals surface area contributed by atoms with Crippen LogP contribution in [-0.4, -0.2) is 46.3 Å². The van der Waals surface area contributed by atoms with Crippen LogP contribution in [0.4, 0.5) is 0 Å². The zero-order valence-electron chi connectivity index (χ0n) is 11.7. The van der Waals surface area contributed by atoms with Crippen molar-refractivity contribution in [3.8, 4) is 0 Å². The maximum absolute atomic E-state index is 11.8. The van der Waals surface area contributed by atoms with Crippen molar-refractivity contribution in [2.24, 2.45) is 5.41 Å². The predicted octanol–water partition coefficient (Wildman–Crippen LogP) is -0.148. The molecule has 0 aromatic carbocycles. The van der Waals surface area contributed by atoms with Gasteiger partial charge >= 0.3 is 0 Å². The summed E-state index contributed by atoms with van der Waals surface area (Å²) in [6, 6.07) is -0.731. The lowest BCUT2D eigenvalue weighted by Crippen LogP contribution is -2.48. The molecule has 1 aliphatic rings. The van der Waals surface area contributed by atoms with Crippen molar-refractivity contribution < 1.29 is 13.2 Å². The molecule has 1 heterocycles. The average molecular weight is 314 g/mol. The Kier molecular flexibility index (Phi) is 7.28. The molecule has 0 spiro atoms. The van der Waals surface area contributed by atoms with Crippen LogP contribution in [0.25, 0.3) is 0 Å². The second-order valence-corrected chi connectivity index (χ2v) is 7.17. The topological polar surface area (TPSA) is 87.3 Å². The second-order valence-electron chi connectivity index (χ2n) is 5.39. The Labute approximate surface area is 121 Å². The molecule has 8 heteroatoms. The fourth-order valence-corrected chi connectivity index (χ4v) is 2.78. The van der Waals surface area contributed by atoms with E-state index in [0.29, 0.717) is 6.54 Å². The molecule has 1 atom stereocenters. The highest BCUT2D eigenvalue weighted by Crippen LogP contribution is 2.26. The summed E-state index contributed by atoms with van der Waals surface area (Å²) in [4.78, 5) is 11.8. The van der Waals surface area contributed by atoms with Crippen LogP contribution in [0, 0.1) is 5.41 Å². The molecule has 114 valence electrons. The molecular weight excluding hydrogens is 290 g/mol. The van der Waals surface area contributed by atoms with Crippen LogP contribution >= 0.6 is 12.4 Å². The Balaban J connectivity index is 0.00000324. The second kappa shape index (κ2) is 7.42. The van der Waals surface area contributed by atoms with Crippen molar-refractivity contribution in [3.05, 3.63) is 0 Å². The molecular formula is C11H24ClN3O3S. The number of carbonyl (C=O) groups excluding carboxylic acids is 1. The van der Waals surface area contributed by atoms with Gasteiger partial charge in [-0.25, -0.2) is 13.1 Å². The molecule has 19 heavy (non-hydrogen) atoms. The lowest BCUT2D eigenvalue weighted by atomic mass is 9.81. The Morgan fingerprint density at radius 1 is 1.37 bits per heavy atom. The van der Waals surface area contributed by atoms with Gasteiger partial charge in [-0.1, -0.05) is 6.92 Å². The molecule has 0 radical (unpaired) electrons. The number of piperidine rings is 1. The number of carbonyl (C=O) groups is 1. The molecule has 0 bridgehead atoms. The van der Waals surface area contributed by atoms with Crippen LogP contribution in [0.2, 0.25) is 0 Å². The maximum Gasteiger partial charge on any atom is 0.237 e. The van der Waals surface area contributed by atoms with Crippen LogP contribution < -0.4 is 15.4 Å². The normalized spacial score (nSPS) is 20.2. The molecule has 1 unspecified atom stereocenters. The summed E-state index contributed by atoms with van der Waals surface area (Å²) in [6.07, 6.45) is 3.08. The zero-order valence-corrected chi connectivity index (χ0v) is 13.3. The van der Waals surface area contributed by atoms with E-state index in [1.54, 1.807) is 6.92 Å². The van der Waals surface area contributed by atoms with Crippen LogP contribution in [0.5, 0.6) is 0 Å². The van der Waals surface area contributed by atoms with Gasteiger partial charge < -0.3 is 10.6 Å². The van der Waals surface area contributed by atoms with E-state index in [9.17, 15) is 13.2 Å². The summed E-state index contributed by atoms with van der Waals surface area (Å²) in [5.41, 5.74) is 0.103. The van der Waals surface area contributed by atoms with E-state index in [1.807, 2.05) is 0 Å². The van der Waals surface area contributed by atoms with Gasteiger partial charge in [0.25, 0.3) is 0 Å². The Bertz CT molecular complexity index is 394. The van der Waals surface area contributed by atoms with Crippen molar-refractivity contribution in [1.82, 2.24) is 15.4 Å². The standard InChI is InChI=1S/C11H23N3O3S.ClH/c1-9(14-18(3,16)17)10(15)13-8-11(2)4-6-12-7-5-11;/h9,12,14H,4-8H2,1-3H3,(H,13,15);1H. The first-order chi connectivity index (χ1) is 8.22. The van der Waals surface area contributed by atoms with Gasteiger partial charge in [0, 0.05) is 6.54 Å². The summed E-state index contributed by atoms with van der Waals surface area (Å²) in [7, 11) is -3.35. The first-order valence-electron chi connectivity index (χ1n) is 6.18. The molecule has 6 nitrogen and oxygen atoms in total. The number of hydrogen-bond acceptors (Lipinski definition) is 4. The van der Waals surface area contributed by atoms with Gasteiger partial charge in [0.1, 0.15) is 0 Å². The van der Waals surface area contributed by atoms with Crippen molar-refractivity contribution in [2.75, 3.05) is 25.9 Å². The summed E-state index contributed by atoms with van der Waals surface area (Å²) in [5, 5.41) is 6.10. The SMILES string of the molecule is CC(NS(C)(=O)=O)C(=O)NCC1(C)CCNCC1.Cl. The molecule has 1 saturated heterocycles. The van der Waals surface area contributed by atoms with E-state index in [0.717, 1.165) is 32.2 Å². The maximum atomic E-state index is 11.8. The number of rotatable bonds is 5. The molecule has 3 N–H and O–H groups in total. The van der Waals surface area contributed by atoms with Gasteiger partial charge in [-0.15, -0.1) is 12.4 Å². The van der Waals surface area contributed by atoms with Crippen molar-refractivity contribution >= 4 is 28.3 Å². The molecule has 1 fully saturated rings. The third kappa shape index (κ3) is 7.10. The minimum absolute atomic E-state index is 0. The average Bonchev–Trinajstić information content (AvgIpc) is 2.24. The van der Waals surface area contributed by atoms with Crippen molar-refractivity contribution in [3.63, 3.8) is 0 Å². The molecule has 1 aliphatic heterocycles. The number of sulfonamides is 1. The van der Waals surface area contributed by atoms with Gasteiger partial charge in [0.15, 0.2) is 0 Å². The number of amides is 1. The van der Waals surface area contributed by atoms with E-state index < -0.39 is 16.1 Å². The van der Waals surface area contributed by atoms with E-state index in [2.05, 4.69) is 22.3 Å². The fourth-order valence-electron chi connectivity index (χ4n) is 2.04. The lowest BCUT2D eigenvalue weighted by molar-refractivity contribution is -0.122. The van der Waals surface area contributed by atoms with Crippen LogP contribution in [-0.2, 0) is 14.8 Å². The summed E-state index contributed by atoms with van der Waals surface area (Å²) in [5.74, 6) is -0.278. The third-order valence-corrected chi connectivity index (χ3v) is 4.07. The monoisotopic (exact) mass is 313 g/mol. The third-order valence-electron chi connectivity index (χ3n) is 3.28. The summed E-state index contributed by atoms with van der Waals surface area (Å²) < 4.78 is 24.3. The largest absolute Gasteiger partial charge is 0.354 e. The molecule has 0 aliphatic carbocycles. The Hall–Kier alpha value is -0.370. The van der Waals surface area contributed by atoms with E-state index >= 15 is 0 Å². The van der Waals surface area contributed by atoms with E-state index in [-0.39, 0.29) is 23.7 Å². The predicted molar refractivity (Wildman–Crippen MR) is 77.9 cm³/mol. The number of halogens is 1. The summed E-state index contributed by atoms with van der Waals surface area (Å²) >= 11 is 0. The van der Waals surface area contributed by atoms with Crippen LogP contribution in [0.3, 0.4) is 0 Å². The van der Waals surface area contributed by atoms with Crippen molar-refractivity contribution in [1.29, 1.82) is 0 Å². The van der Waals surface area contributed by atoms with E-state index in [1.165, 1.54) is 0 Å². The lowest BCUT2D eigenvalue weighted by Gasteiger charge is -2.34. The smallest absolute Gasteiger partial charge is 0.237 e. The van der Waals surface area contributed by atoms with Crippen molar-refractivity contribution in [2.45, 2.75) is 32.7 Å². The minimum Gasteiger partial charge on any atom is -0.354 e. The molecule has 0 aromatic heterocycles. The summed E-state index contributed by atoms with van der Waals surface area (Å²) in [6.45, 7) is 6.19. The van der Waals surface area contributed by atoms with Gasteiger partial charge in [-0.2, -0.15) is 0 Å². The number of hydrogen-bond donors (Lipinski definition) is 3. The Morgan fingerprint density at radius 2 is 1.89 bits per heavy atom. The molecule has 0 aromatic rings. The molecule has 1 amide bonds.